The third kappa shape index (κ3) is 7.91. The molecule has 4 N–H and O–H groups in total. The Kier molecular flexibility index (Phi) is 12.8. The second-order valence-electron chi connectivity index (χ2n) is 17.1. The van der Waals surface area contributed by atoms with Crippen molar-refractivity contribution < 1.29 is 67.8 Å². The summed E-state index contributed by atoms with van der Waals surface area (Å²) < 4.78 is 30.2. The summed E-state index contributed by atoms with van der Waals surface area (Å²) in [5, 5.41) is 38.3. The van der Waals surface area contributed by atoms with E-state index in [0.717, 1.165) is 13.8 Å². The number of amides is 1. The van der Waals surface area contributed by atoms with E-state index in [0.29, 0.717) is 5.56 Å². The summed E-state index contributed by atoms with van der Waals surface area (Å²) in [5.41, 5.74) is -4.67. The number of benzene rings is 2. The lowest BCUT2D eigenvalue weighted by molar-refractivity contribution is -0.337. The number of alkyl halides is 1. The quantitative estimate of drug-likeness (QED) is 0.0836. The molecule has 4 aliphatic rings. The van der Waals surface area contributed by atoms with E-state index in [1.54, 1.807) is 62.4 Å². The first-order valence-electron chi connectivity index (χ1n) is 20.0. The highest BCUT2D eigenvalue weighted by atomic mass is 35.5. The van der Waals surface area contributed by atoms with Gasteiger partial charge in [-0.3, -0.25) is 19.2 Å². The molecule has 0 radical (unpaired) electrons. The van der Waals surface area contributed by atoms with Crippen LogP contribution in [-0.2, 0) is 47.7 Å². The Morgan fingerprint density at radius 2 is 1.54 bits per heavy atom. The van der Waals surface area contributed by atoms with Crippen LogP contribution in [-0.4, -0.2) is 111 Å². The van der Waals surface area contributed by atoms with E-state index in [1.807, 2.05) is 0 Å². The molecule has 1 saturated heterocycles. The predicted molar refractivity (Wildman–Crippen MR) is 216 cm³/mol. The molecule has 2 saturated carbocycles. The molecule has 1 heterocycles. The van der Waals surface area contributed by atoms with Crippen LogP contribution in [0.3, 0.4) is 0 Å². The van der Waals surface area contributed by atoms with Crippen LogP contribution in [0.5, 0.6) is 0 Å². The molecule has 0 spiro atoms. The number of aliphatic hydroxyl groups is 3. The number of halogens is 1. The van der Waals surface area contributed by atoms with E-state index in [2.05, 4.69) is 11.9 Å². The number of aliphatic hydroxyl groups excluding tert-OH is 3. The van der Waals surface area contributed by atoms with Crippen molar-refractivity contribution in [3.8, 4) is 0 Å². The lowest BCUT2D eigenvalue weighted by atomic mass is 9.45. The van der Waals surface area contributed by atoms with Crippen molar-refractivity contribution in [2.45, 2.75) is 115 Å². The predicted octanol–water partition coefficient (Wildman–Crippen LogP) is 3.46. The van der Waals surface area contributed by atoms with E-state index in [1.165, 1.54) is 32.9 Å². The van der Waals surface area contributed by atoms with Crippen LogP contribution in [0.2, 0.25) is 0 Å². The molecular formula is C45H52ClNO14. The Bertz CT molecular complexity index is 2120. The van der Waals surface area contributed by atoms with E-state index in [9.17, 15) is 39.3 Å². The zero-order valence-electron chi connectivity index (χ0n) is 35.0. The van der Waals surface area contributed by atoms with Gasteiger partial charge in [0.2, 0.25) is 5.91 Å². The van der Waals surface area contributed by atoms with E-state index >= 15 is 4.79 Å². The first-order chi connectivity index (χ1) is 28.6. The zero-order chi connectivity index (χ0) is 44.9. The largest absolute Gasteiger partial charge is 0.458 e. The lowest BCUT2D eigenvalue weighted by Gasteiger charge is -2.66. The number of hydrogen-bond donors (Lipinski definition) is 4. The Labute approximate surface area is 358 Å². The van der Waals surface area contributed by atoms with Gasteiger partial charge in [-0.05, 0) is 55.0 Å². The van der Waals surface area contributed by atoms with Gasteiger partial charge in [0.15, 0.2) is 23.6 Å². The molecule has 3 aliphatic carbocycles. The molecule has 1 amide bonds. The summed E-state index contributed by atoms with van der Waals surface area (Å²) >= 11 is 6.12. The van der Waals surface area contributed by atoms with Crippen molar-refractivity contribution in [2.24, 2.45) is 22.7 Å². The first-order valence-corrected chi connectivity index (χ1v) is 20.5. The SMILES string of the molecule is C=C(C(=O)N[C@@H](c1ccccc1)[C@@H](O)C(=O)OC1C(C)=C2[C@@H](OC(C)=O)C(=O)[C@@]3(C)[C@H]([C@H](OC(=O)c4ccccc4)C([C@H]1O)C2(C)C)[C@]1(OC(C)=O)CO[C@@H]1C[C@@H]3O)C(C)Cl. The fourth-order valence-corrected chi connectivity index (χ4v) is 10.1. The second kappa shape index (κ2) is 17.1. The number of ketones is 1. The van der Waals surface area contributed by atoms with Gasteiger partial charge in [0.25, 0.3) is 0 Å². The van der Waals surface area contributed by atoms with Crippen LogP contribution in [0.1, 0.15) is 76.9 Å². The molecule has 61 heavy (non-hydrogen) atoms. The van der Waals surface area contributed by atoms with Gasteiger partial charge in [0.1, 0.15) is 24.4 Å². The highest BCUT2D eigenvalue weighted by Crippen LogP contribution is 2.63. The lowest BCUT2D eigenvalue weighted by Crippen LogP contribution is -2.80. The summed E-state index contributed by atoms with van der Waals surface area (Å²) in [7, 11) is 0. The van der Waals surface area contributed by atoms with Gasteiger partial charge in [0, 0.05) is 31.8 Å². The molecule has 1 aliphatic heterocycles. The maximum absolute atomic E-state index is 15.4. The van der Waals surface area contributed by atoms with Crippen molar-refractivity contribution in [1.82, 2.24) is 5.32 Å². The van der Waals surface area contributed by atoms with Gasteiger partial charge >= 0.3 is 23.9 Å². The average molecular weight is 866 g/mol. The fraction of sp³-hybridized carbons (Fsp3) is 0.511. The summed E-state index contributed by atoms with van der Waals surface area (Å²) in [5.74, 6) is -8.27. The topological polar surface area (TPSA) is 221 Å². The second-order valence-corrected chi connectivity index (χ2v) is 17.7. The number of ether oxygens (including phenoxy) is 5. The Hall–Kier alpha value is -4.93. The van der Waals surface area contributed by atoms with Crippen molar-refractivity contribution >= 4 is 47.2 Å². The summed E-state index contributed by atoms with van der Waals surface area (Å²) in [6.07, 6.45) is -11.7. The molecule has 328 valence electrons. The van der Waals surface area contributed by atoms with Gasteiger partial charge in [-0.15, -0.1) is 11.6 Å². The van der Waals surface area contributed by atoms with Crippen LogP contribution in [0, 0.1) is 22.7 Å². The number of rotatable bonds is 11. The number of carbonyl (C=O) groups is 6. The Morgan fingerprint density at radius 1 is 0.934 bits per heavy atom. The fourth-order valence-electron chi connectivity index (χ4n) is 10.0. The highest BCUT2D eigenvalue weighted by molar-refractivity contribution is 6.25. The number of fused-ring (bicyclic) bond motifs is 5. The number of Topliss-reactive ketones (excluding diaryl/α,β-unsaturated/α-hetero) is 1. The molecule has 3 unspecified atom stereocenters. The minimum absolute atomic E-state index is 0.0449. The van der Waals surface area contributed by atoms with Gasteiger partial charge in [-0.2, -0.15) is 0 Å². The molecule has 2 aromatic carbocycles. The molecule has 3 fully saturated rings. The Morgan fingerprint density at radius 3 is 2.08 bits per heavy atom. The van der Waals surface area contributed by atoms with Crippen molar-refractivity contribution in [1.29, 1.82) is 0 Å². The molecule has 2 bridgehead atoms. The molecular weight excluding hydrogens is 814 g/mol. The zero-order valence-corrected chi connectivity index (χ0v) is 35.7. The standard InChI is InChI=1S/C45H52ClNO14/c1-21(23(3)46)40(54)47-32(26-15-11-9-12-16-26)34(52)42(56)59-35-22(2)30-37(58-24(4)48)39(53)44(8)28(50)19-29-45(20-57-29,61-25(5)49)38(44)36(31(33(35)51)43(30,6)7)60-41(55)27-17-13-10-14-18-27/h9-18,23,28-29,31-38,50-52H,1,19-20H2,2-8H3,(H,47,54)/t23?,28-,29+,31?,32-,33+,34+,35?,36+,37+,38-,44+,45-/m0/s1. The molecule has 13 atom stereocenters. The van der Waals surface area contributed by atoms with Gasteiger partial charge in [0.05, 0.1) is 41.0 Å². The maximum atomic E-state index is 15.4. The van der Waals surface area contributed by atoms with Gasteiger partial charge < -0.3 is 44.3 Å². The number of carbonyl (C=O) groups excluding carboxylic acids is 6. The third-order valence-corrected chi connectivity index (χ3v) is 13.3. The third-order valence-electron chi connectivity index (χ3n) is 13.0. The highest BCUT2D eigenvalue weighted by Gasteiger charge is 2.76. The maximum Gasteiger partial charge on any atom is 0.338 e. The van der Waals surface area contributed by atoms with Crippen molar-refractivity contribution in [3.05, 3.63) is 95.1 Å². The number of esters is 4. The van der Waals surface area contributed by atoms with Crippen LogP contribution >= 0.6 is 11.6 Å². The Balaban J connectivity index is 1.54. The van der Waals surface area contributed by atoms with Gasteiger partial charge in [-0.1, -0.05) is 69.0 Å². The normalized spacial score (nSPS) is 32.7. The molecule has 15 nitrogen and oxygen atoms in total. The molecule has 16 heteroatoms. The minimum atomic E-state index is -2.11. The van der Waals surface area contributed by atoms with E-state index < -0.39 is 118 Å². The number of hydrogen-bond acceptors (Lipinski definition) is 14. The smallest absolute Gasteiger partial charge is 0.338 e. The van der Waals surface area contributed by atoms with Crippen LogP contribution < -0.4 is 5.32 Å². The van der Waals surface area contributed by atoms with Gasteiger partial charge in [-0.25, -0.2) is 9.59 Å². The van der Waals surface area contributed by atoms with Crippen LogP contribution in [0.4, 0.5) is 0 Å². The first kappa shape index (κ1) is 45.6. The molecule has 6 rings (SSSR count). The van der Waals surface area contributed by atoms with Crippen LogP contribution in [0.25, 0.3) is 0 Å². The molecule has 0 aromatic heterocycles. The molecule has 2 aromatic rings. The summed E-state index contributed by atoms with van der Waals surface area (Å²) in [6.45, 7) is 13.4. The summed E-state index contributed by atoms with van der Waals surface area (Å²) in [6, 6.07) is 14.5. The average Bonchev–Trinajstić information content (AvgIpc) is 3.20. The summed E-state index contributed by atoms with van der Waals surface area (Å²) in [4.78, 5) is 83.0. The van der Waals surface area contributed by atoms with Crippen molar-refractivity contribution in [3.63, 3.8) is 0 Å². The van der Waals surface area contributed by atoms with E-state index in [4.69, 9.17) is 35.3 Å². The number of nitrogens with one attached hydrogen (secondary N) is 1. The van der Waals surface area contributed by atoms with E-state index in [-0.39, 0.29) is 35.3 Å². The minimum Gasteiger partial charge on any atom is -0.458 e. The van der Waals surface area contributed by atoms with Crippen LogP contribution in [0.15, 0.2) is 84.0 Å². The van der Waals surface area contributed by atoms with Crippen molar-refractivity contribution in [2.75, 3.05) is 6.61 Å². The monoisotopic (exact) mass is 865 g/mol.